The molecule has 1 unspecified atom stereocenters. The van der Waals surface area contributed by atoms with Crippen LogP contribution in [0.4, 0.5) is 10.6 Å². The van der Waals surface area contributed by atoms with Gasteiger partial charge < -0.3 is 40.6 Å². The Hall–Kier alpha value is -2.91. The summed E-state index contributed by atoms with van der Waals surface area (Å²) >= 11 is 0. The molecule has 3 heterocycles. The maximum Gasteiger partial charge on any atom is 0.328 e. The van der Waals surface area contributed by atoms with Crippen LogP contribution in [0.3, 0.4) is 0 Å². The van der Waals surface area contributed by atoms with Crippen molar-refractivity contribution in [3.63, 3.8) is 0 Å². The molecule has 6 atom stereocenters. The quantitative estimate of drug-likeness (QED) is 0.247. The van der Waals surface area contributed by atoms with Crippen molar-refractivity contribution < 1.29 is 39.9 Å². The molecule has 14 heteroatoms. The molecular formula is C15H20N6O8. The van der Waals surface area contributed by atoms with Crippen LogP contribution in [0, 0.1) is 0 Å². The number of aliphatic carboxylic acids is 1. The first-order valence-corrected chi connectivity index (χ1v) is 8.54. The lowest BCUT2D eigenvalue weighted by Gasteiger charge is -2.17. The Balaban J connectivity index is 1.82. The number of nitrogens with zero attached hydrogens (tertiary/aromatic N) is 3. The SMILES string of the molecule is C[C@@H](O)[C@H](NC(=O)Nc1ncnc2nc(C3O[C@H](CO)[C@@H](O)[C@H]3O)[nH]c12)C(=O)O. The second kappa shape index (κ2) is 8.22. The molecule has 8 N–H and O–H groups in total. The summed E-state index contributed by atoms with van der Waals surface area (Å²) in [6.07, 6.45) is -4.99. The second-order valence-corrected chi connectivity index (χ2v) is 6.46. The number of carboxylic acid groups (broad SMARTS) is 1. The number of aliphatic hydroxyl groups excluding tert-OH is 4. The van der Waals surface area contributed by atoms with Crippen LogP contribution in [0.15, 0.2) is 6.33 Å². The first-order valence-electron chi connectivity index (χ1n) is 8.54. The number of ether oxygens (including phenoxy) is 1. The van der Waals surface area contributed by atoms with Crippen LogP contribution in [-0.4, -0.2) is 94.5 Å². The van der Waals surface area contributed by atoms with E-state index in [1.54, 1.807) is 0 Å². The van der Waals surface area contributed by atoms with Gasteiger partial charge in [0.25, 0.3) is 0 Å². The average molecular weight is 412 g/mol. The van der Waals surface area contributed by atoms with E-state index in [2.05, 4.69) is 30.6 Å². The molecule has 1 saturated heterocycles. The van der Waals surface area contributed by atoms with Crippen molar-refractivity contribution in [3.05, 3.63) is 12.2 Å². The Kier molecular flexibility index (Phi) is 5.90. The number of nitrogens with one attached hydrogen (secondary N) is 3. The van der Waals surface area contributed by atoms with Crippen LogP contribution in [-0.2, 0) is 9.53 Å². The number of carboxylic acids is 1. The zero-order chi connectivity index (χ0) is 21.3. The molecule has 1 fully saturated rings. The zero-order valence-corrected chi connectivity index (χ0v) is 15.1. The molecule has 0 saturated carbocycles. The molecule has 2 amide bonds. The lowest BCUT2D eigenvalue weighted by atomic mass is 10.1. The number of imidazole rings is 1. The zero-order valence-electron chi connectivity index (χ0n) is 15.1. The molecule has 158 valence electrons. The first-order chi connectivity index (χ1) is 13.7. The summed E-state index contributed by atoms with van der Waals surface area (Å²) in [6, 6.07) is -2.48. The van der Waals surface area contributed by atoms with E-state index in [0.717, 1.165) is 6.33 Å². The van der Waals surface area contributed by atoms with E-state index in [1.165, 1.54) is 6.92 Å². The summed E-state index contributed by atoms with van der Waals surface area (Å²) < 4.78 is 5.39. The number of anilines is 1. The predicted molar refractivity (Wildman–Crippen MR) is 93.7 cm³/mol. The number of aromatic nitrogens is 4. The molecule has 1 aliphatic heterocycles. The summed E-state index contributed by atoms with van der Waals surface area (Å²) in [4.78, 5) is 37.9. The Morgan fingerprint density at radius 3 is 2.62 bits per heavy atom. The summed E-state index contributed by atoms with van der Waals surface area (Å²) in [5.41, 5.74) is 0.257. The number of hydrogen-bond acceptors (Lipinski definition) is 10. The van der Waals surface area contributed by atoms with Gasteiger partial charge in [0.15, 0.2) is 17.5 Å². The molecule has 2 aromatic rings. The van der Waals surface area contributed by atoms with Crippen LogP contribution in [0.2, 0.25) is 0 Å². The molecule has 0 aliphatic carbocycles. The highest BCUT2D eigenvalue weighted by Gasteiger charge is 2.44. The summed E-state index contributed by atoms with van der Waals surface area (Å²) in [5.74, 6) is -1.39. The largest absolute Gasteiger partial charge is 0.480 e. The van der Waals surface area contributed by atoms with Gasteiger partial charge >= 0.3 is 12.0 Å². The van der Waals surface area contributed by atoms with Gasteiger partial charge in [0.05, 0.1) is 12.7 Å². The van der Waals surface area contributed by atoms with Gasteiger partial charge in [-0.3, -0.25) is 5.32 Å². The van der Waals surface area contributed by atoms with Crippen LogP contribution >= 0.6 is 0 Å². The van der Waals surface area contributed by atoms with E-state index >= 15 is 0 Å². The molecule has 29 heavy (non-hydrogen) atoms. The predicted octanol–water partition coefficient (Wildman–Crippen LogP) is -2.54. The molecule has 0 radical (unpaired) electrons. The Bertz CT molecular complexity index is 904. The maximum atomic E-state index is 12.1. The third-order valence-electron chi connectivity index (χ3n) is 4.39. The second-order valence-electron chi connectivity index (χ2n) is 6.46. The van der Waals surface area contributed by atoms with Crippen LogP contribution in [0.1, 0.15) is 18.9 Å². The molecule has 2 aromatic heterocycles. The van der Waals surface area contributed by atoms with E-state index in [1.807, 2.05) is 0 Å². The average Bonchev–Trinajstić information content (AvgIpc) is 3.21. The Morgan fingerprint density at radius 1 is 1.31 bits per heavy atom. The molecule has 0 aromatic carbocycles. The van der Waals surface area contributed by atoms with Crippen LogP contribution < -0.4 is 10.6 Å². The Labute approximate surface area is 162 Å². The van der Waals surface area contributed by atoms with Crippen molar-refractivity contribution in [3.8, 4) is 0 Å². The van der Waals surface area contributed by atoms with Gasteiger partial charge in [-0.05, 0) is 6.92 Å². The number of carbonyl (C=O) groups excluding carboxylic acids is 1. The monoisotopic (exact) mass is 412 g/mol. The van der Waals surface area contributed by atoms with Gasteiger partial charge in [0.1, 0.15) is 42.1 Å². The van der Waals surface area contributed by atoms with Gasteiger partial charge in [-0.15, -0.1) is 0 Å². The van der Waals surface area contributed by atoms with Crippen molar-refractivity contribution in [2.75, 3.05) is 11.9 Å². The highest BCUT2D eigenvalue weighted by molar-refractivity contribution is 5.97. The van der Waals surface area contributed by atoms with Crippen molar-refractivity contribution in [1.82, 2.24) is 25.3 Å². The summed E-state index contributed by atoms with van der Waals surface area (Å²) in [7, 11) is 0. The van der Waals surface area contributed by atoms with Crippen molar-refractivity contribution in [2.45, 2.75) is 43.5 Å². The van der Waals surface area contributed by atoms with Gasteiger partial charge in [-0.25, -0.2) is 24.5 Å². The summed E-state index contributed by atoms with van der Waals surface area (Å²) in [6.45, 7) is 0.708. The molecule has 3 rings (SSSR count). The van der Waals surface area contributed by atoms with E-state index < -0.39 is 55.2 Å². The number of aliphatic hydroxyl groups is 4. The number of rotatable bonds is 6. The van der Waals surface area contributed by atoms with Gasteiger partial charge in [-0.1, -0.05) is 0 Å². The summed E-state index contributed by atoms with van der Waals surface area (Å²) in [5, 5.41) is 52.1. The number of hydrogen-bond donors (Lipinski definition) is 8. The fourth-order valence-electron chi connectivity index (χ4n) is 2.87. The molecule has 0 spiro atoms. The fourth-order valence-corrected chi connectivity index (χ4v) is 2.87. The lowest BCUT2D eigenvalue weighted by Crippen LogP contribution is -2.49. The number of urea groups is 1. The van der Waals surface area contributed by atoms with Gasteiger partial charge in [0.2, 0.25) is 0 Å². The molecule has 1 aliphatic rings. The molecular weight excluding hydrogens is 392 g/mol. The standard InChI is InChI=1S/C15H20N6O8/c1-4(23)6(14(26)27)19-15(28)21-12-7-11(16-3-17-12)20-13(18-7)10-9(25)8(24)5(2-22)29-10/h3-6,8-10,22-25H,2H2,1H3,(H,26,27)(H3,16,17,18,19,20,21,28)/t4-,5-,6+,8-,9-,10?/m1/s1. The van der Waals surface area contributed by atoms with E-state index in [4.69, 9.17) is 9.84 Å². The normalized spacial score (nSPS) is 26.2. The molecule has 0 bridgehead atoms. The Morgan fingerprint density at radius 2 is 2.03 bits per heavy atom. The topological polar surface area (TPSA) is 223 Å². The molecule has 14 nitrogen and oxygen atoms in total. The minimum Gasteiger partial charge on any atom is -0.480 e. The van der Waals surface area contributed by atoms with Gasteiger partial charge in [0, 0.05) is 0 Å². The number of fused-ring (bicyclic) bond motifs is 1. The van der Waals surface area contributed by atoms with E-state index in [0.29, 0.717) is 0 Å². The third kappa shape index (κ3) is 4.10. The maximum absolute atomic E-state index is 12.1. The number of amides is 2. The number of aromatic amines is 1. The number of carbonyl (C=O) groups is 2. The van der Waals surface area contributed by atoms with Crippen LogP contribution in [0.25, 0.3) is 11.2 Å². The minimum absolute atomic E-state index is 0.0484. The van der Waals surface area contributed by atoms with Crippen molar-refractivity contribution in [2.24, 2.45) is 0 Å². The minimum atomic E-state index is -1.54. The van der Waals surface area contributed by atoms with Crippen molar-refractivity contribution in [1.29, 1.82) is 0 Å². The smallest absolute Gasteiger partial charge is 0.328 e. The highest BCUT2D eigenvalue weighted by atomic mass is 16.6. The third-order valence-corrected chi connectivity index (χ3v) is 4.39. The highest BCUT2D eigenvalue weighted by Crippen LogP contribution is 2.33. The van der Waals surface area contributed by atoms with Crippen LogP contribution in [0.5, 0.6) is 0 Å². The lowest BCUT2D eigenvalue weighted by molar-refractivity contribution is -0.141. The van der Waals surface area contributed by atoms with E-state index in [9.17, 15) is 30.0 Å². The van der Waals surface area contributed by atoms with Crippen molar-refractivity contribution >= 4 is 29.0 Å². The first kappa shape index (κ1) is 20.8. The fraction of sp³-hybridized carbons (Fsp3) is 0.533. The van der Waals surface area contributed by atoms with Gasteiger partial charge in [-0.2, -0.15) is 0 Å². The number of H-pyrrole nitrogens is 1. The van der Waals surface area contributed by atoms with E-state index in [-0.39, 0.29) is 22.8 Å².